The first kappa shape index (κ1) is 16.8. The Hall–Kier alpha value is -2.60. The maximum absolute atomic E-state index is 12.9. The topological polar surface area (TPSA) is 59.0 Å². The average Bonchev–Trinajstić information content (AvgIpc) is 3.17. The normalized spacial score (nSPS) is 13.7. The minimum atomic E-state index is 0.0327. The van der Waals surface area contributed by atoms with Crippen molar-refractivity contribution in [2.45, 2.75) is 32.7 Å². The molecule has 4 rings (SSSR count). The summed E-state index contributed by atoms with van der Waals surface area (Å²) < 4.78 is 0. The maximum atomic E-state index is 12.9. The van der Waals surface area contributed by atoms with Crippen LogP contribution in [0.1, 0.15) is 46.1 Å². The van der Waals surface area contributed by atoms with Crippen LogP contribution in [0.25, 0.3) is 10.8 Å². The molecule has 0 N–H and O–H groups in total. The van der Waals surface area contributed by atoms with E-state index in [-0.39, 0.29) is 5.91 Å². The van der Waals surface area contributed by atoms with E-state index in [9.17, 15) is 4.79 Å². The number of carbonyl (C=O) groups is 1. The third-order valence-electron chi connectivity index (χ3n) is 4.68. The molecule has 0 fully saturated rings. The zero-order valence-electron chi connectivity index (χ0n) is 14.8. The highest BCUT2D eigenvalue weighted by molar-refractivity contribution is 7.16. The fraction of sp³-hybridized carbons (Fsp3) is 0.300. The molecule has 6 heteroatoms. The largest absolute Gasteiger partial charge is 0.333 e. The van der Waals surface area contributed by atoms with Gasteiger partial charge in [0, 0.05) is 25.5 Å². The first-order valence-corrected chi connectivity index (χ1v) is 9.58. The smallest absolute Gasteiger partial charge is 0.265 e. The number of hydrogen-bond acceptors (Lipinski definition) is 5. The van der Waals surface area contributed by atoms with E-state index < -0.39 is 0 Å². The van der Waals surface area contributed by atoms with Crippen molar-refractivity contribution in [3.05, 3.63) is 64.4 Å². The number of benzene rings is 1. The zero-order chi connectivity index (χ0) is 18.1. The molecule has 26 heavy (non-hydrogen) atoms. The van der Waals surface area contributed by atoms with Gasteiger partial charge >= 0.3 is 0 Å². The number of carbonyl (C=O) groups excluding carboxylic acids is 1. The van der Waals surface area contributed by atoms with Crippen molar-refractivity contribution in [2.75, 3.05) is 6.54 Å². The van der Waals surface area contributed by atoms with Gasteiger partial charge in [0.2, 0.25) is 0 Å². The van der Waals surface area contributed by atoms with E-state index in [1.165, 1.54) is 28.0 Å². The van der Waals surface area contributed by atoms with Gasteiger partial charge in [0.15, 0.2) is 10.8 Å². The third-order valence-corrected chi connectivity index (χ3v) is 5.67. The summed E-state index contributed by atoms with van der Waals surface area (Å²) in [6.07, 6.45) is 5.90. The van der Waals surface area contributed by atoms with Gasteiger partial charge in [-0.05, 0) is 35.1 Å². The Morgan fingerprint density at radius 1 is 1.15 bits per heavy atom. The van der Waals surface area contributed by atoms with E-state index in [4.69, 9.17) is 0 Å². The van der Waals surface area contributed by atoms with Crippen molar-refractivity contribution in [3.63, 3.8) is 0 Å². The SMILES string of the molecule is CC(C)c1cccc2c1CCN(C(=O)c1cnc(-c3ncccn3)s1)C2. The average molecular weight is 364 g/mol. The molecule has 0 aliphatic carbocycles. The number of fused-ring (bicyclic) bond motifs is 1. The van der Waals surface area contributed by atoms with Gasteiger partial charge in [0.05, 0.1) is 6.20 Å². The van der Waals surface area contributed by atoms with E-state index in [1.54, 1.807) is 24.7 Å². The second-order valence-electron chi connectivity index (χ2n) is 6.72. The van der Waals surface area contributed by atoms with Gasteiger partial charge in [0.1, 0.15) is 4.88 Å². The van der Waals surface area contributed by atoms with Crippen molar-refractivity contribution in [1.82, 2.24) is 19.9 Å². The molecule has 0 unspecified atom stereocenters. The molecule has 0 saturated heterocycles. The highest BCUT2D eigenvalue weighted by atomic mass is 32.1. The van der Waals surface area contributed by atoms with E-state index in [0.29, 0.717) is 28.2 Å². The van der Waals surface area contributed by atoms with E-state index in [2.05, 4.69) is 47.0 Å². The van der Waals surface area contributed by atoms with Crippen LogP contribution in [0.2, 0.25) is 0 Å². The van der Waals surface area contributed by atoms with Crippen LogP contribution in [-0.4, -0.2) is 32.3 Å². The first-order chi connectivity index (χ1) is 12.6. The van der Waals surface area contributed by atoms with E-state index >= 15 is 0 Å². The van der Waals surface area contributed by atoms with Crippen molar-refractivity contribution in [1.29, 1.82) is 0 Å². The van der Waals surface area contributed by atoms with Crippen molar-refractivity contribution in [3.8, 4) is 10.8 Å². The Labute approximate surface area is 156 Å². The number of aromatic nitrogens is 3. The summed E-state index contributed by atoms with van der Waals surface area (Å²) in [7, 11) is 0. The Bertz CT molecular complexity index is 936. The molecule has 1 amide bonds. The summed E-state index contributed by atoms with van der Waals surface area (Å²) in [6.45, 7) is 5.84. The molecule has 0 atom stereocenters. The zero-order valence-corrected chi connectivity index (χ0v) is 15.7. The monoisotopic (exact) mass is 364 g/mol. The molecule has 1 aliphatic rings. The molecule has 0 bridgehead atoms. The van der Waals surface area contributed by atoms with Crippen LogP contribution in [0.4, 0.5) is 0 Å². The van der Waals surface area contributed by atoms with Gasteiger partial charge in [-0.1, -0.05) is 32.0 Å². The Morgan fingerprint density at radius 2 is 1.96 bits per heavy atom. The third kappa shape index (κ3) is 3.12. The molecule has 3 aromatic rings. The van der Waals surface area contributed by atoms with Gasteiger partial charge in [-0.3, -0.25) is 4.79 Å². The lowest BCUT2D eigenvalue weighted by Crippen LogP contribution is -2.36. The highest BCUT2D eigenvalue weighted by Gasteiger charge is 2.25. The van der Waals surface area contributed by atoms with Crippen LogP contribution in [0.3, 0.4) is 0 Å². The van der Waals surface area contributed by atoms with Crippen LogP contribution in [0, 0.1) is 0 Å². The predicted octanol–water partition coefficient (Wildman–Crippen LogP) is 3.92. The van der Waals surface area contributed by atoms with Gasteiger partial charge in [-0.15, -0.1) is 11.3 Å². The first-order valence-electron chi connectivity index (χ1n) is 8.76. The molecule has 0 radical (unpaired) electrons. The molecule has 1 aromatic carbocycles. The van der Waals surface area contributed by atoms with Gasteiger partial charge in [0.25, 0.3) is 5.91 Å². The molecular formula is C20H20N4OS. The number of nitrogens with zero attached hydrogens (tertiary/aromatic N) is 4. The van der Waals surface area contributed by atoms with E-state index in [0.717, 1.165) is 13.0 Å². The molecule has 5 nitrogen and oxygen atoms in total. The van der Waals surface area contributed by atoms with Crippen LogP contribution >= 0.6 is 11.3 Å². The number of hydrogen-bond donors (Lipinski definition) is 0. The minimum Gasteiger partial charge on any atom is -0.333 e. The lowest BCUT2D eigenvalue weighted by atomic mass is 9.89. The van der Waals surface area contributed by atoms with Crippen molar-refractivity contribution >= 4 is 17.2 Å². The number of amides is 1. The van der Waals surface area contributed by atoms with Crippen LogP contribution < -0.4 is 0 Å². The molecule has 0 saturated carbocycles. The second-order valence-corrected chi connectivity index (χ2v) is 7.75. The Kier molecular flexibility index (Phi) is 4.51. The summed E-state index contributed by atoms with van der Waals surface area (Å²) in [6, 6.07) is 8.20. The number of thiazole rings is 1. The van der Waals surface area contributed by atoms with Crippen molar-refractivity contribution < 1.29 is 4.79 Å². The predicted molar refractivity (Wildman–Crippen MR) is 102 cm³/mol. The van der Waals surface area contributed by atoms with E-state index in [1.807, 2.05) is 4.90 Å². The summed E-state index contributed by atoms with van der Waals surface area (Å²) in [5.74, 6) is 1.09. The lowest BCUT2D eigenvalue weighted by Gasteiger charge is -2.30. The molecule has 1 aliphatic heterocycles. The van der Waals surface area contributed by atoms with Crippen LogP contribution in [0.15, 0.2) is 42.9 Å². The second kappa shape index (κ2) is 6.96. The summed E-state index contributed by atoms with van der Waals surface area (Å²) >= 11 is 1.35. The quantitative estimate of drug-likeness (QED) is 0.707. The molecule has 132 valence electrons. The summed E-state index contributed by atoms with van der Waals surface area (Å²) in [5.41, 5.74) is 4.07. The molecule has 2 aromatic heterocycles. The van der Waals surface area contributed by atoms with Crippen LogP contribution in [-0.2, 0) is 13.0 Å². The van der Waals surface area contributed by atoms with Gasteiger partial charge in [-0.2, -0.15) is 0 Å². The fourth-order valence-electron chi connectivity index (χ4n) is 3.39. The molecule has 0 spiro atoms. The Balaban J connectivity index is 1.55. The molecular weight excluding hydrogens is 344 g/mol. The lowest BCUT2D eigenvalue weighted by molar-refractivity contribution is 0.0739. The fourth-order valence-corrected chi connectivity index (χ4v) is 4.23. The Morgan fingerprint density at radius 3 is 2.73 bits per heavy atom. The summed E-state index contributed by atoms with van der Waals surface area (Å²) in [5, 5.41) is 0.674. The minimum absolute atomic E-state index is 0.0327. The highest BCUT2D eigenvalue weighted by Crippen LogP contribution is 2.29. The van der Waals surface area contributed by atoms with Gasteiger partial charge < -0.3 is 4.90 Å². The molecule has 3 heterocycles. The van der Waals surface area contributed by atoms with Gasteiger partial charge in [-0.25, -0.2) is 15.0 Å². The van der Waals surface area contributed by atoms with Crippen molar-refractivity contribution in [2.24, 2.45) is 0 Å². The maximum Gasteiger partial charge on any atom is 0.265 e. The number of rotatable bonds is 3. The standard InChI is InChI=1S/C20H20N4OS/c1-13(2)15-6-3-5-14-12-24(10-7-16(14)15)20(25)17-11-23-19(26-17)18-21-8-4-9-22-18/h3-6,8-9,11,13H,7,10,12H2,1-2H3. The van der Waals surface area contributed by atoms with Crippen LogP contribution in [0.5, 0.6) is 0 Å². The summed E-state index contributed by atoms with van der Waals surface area (Å²) in [4.78, 5) is 28.2.